The van der Waals surface area contributed by atoms with Gasteiger partial charge in [0.15, 0.2) is 5.13 Å². The Kier molecular flexibility index (Phi) is 8.21. The van der Waals surface area contributed by atoms with E-state index in [0.717, 1.165) is 47.8 Å². The predicted octanol–water partition coefficient (Wildman–Crippen LogP) is 6.82. The second-order valence-electron chi connectivity index (χ2n) is 10.8. The minimum absolute atomic E-state index is 0.0494. The van der Waals surface area contributed by atoms with E-state index in [9.17, 15) is 8.42 Å². The monoisotopic (exact) mass is 554 g/mol. The highest BCUT2D eigenvalue weighted by atomic mass is 32.2. The summed E-state index contributed by atoms with van der Waals surface area (Å²) in [6.45, 7) is 6.22. The molecule has 2 aromatic carbocycles. The van der Waals surface area contributed by atoms with E-state index in [1.165, 1.54) is 48.1 Å². The molecule has 204 valence electrons. The van der Waals surface area contributed by atoms with Gasteiger partial charge >= 0.3 is 0 Å². The van der Waals surface area contributed by atoms with Gasteiger partial charge in [-0.3, -0.25) is 4.84 Å². The summed E-state index contributed by atoms with van der Waals surface area (Å²) in [5, 5.41) is 6.11. The van der Waals surface area contributed by atoms with Crippen molar-refractivity contribution >= 4 is 32.2 Å². The second kappa shape index (κ2) is 11.4. The number of hydrogen-bond acceptors (Lipinski definition) is 7. The van der Waals surface area contributed by atoms with Gasteiger partial charge in [0.1, 0.15) is 6.17 Å². The maximum atomic E-state index is 13.4. The molecule has 1 aromatic heterocycles. The lowest BCUT2D eigenvalue weighted by molar-refractivity contribution is 0.00737. The van der Waals surface area contributed by atoms with Gasteiger partial charge in [0, 0.05) is 22.0 Å². The van der Waals surface area contributed by atoms with Gasteiger partial charge in [-0.15, -0.1) is 11.3 Å². The Bertz CT molecular complexity index is 1340. The standard InChI is InChI=1S/C29H38N4O3S2/c1-20-10-11-21(2)25(18-20)26-19-37-28(31-26)30-23-12-14-24(15-13-23)38(34,35)33-27-29(22(3)36-32-27)16-8-6-4-5-7-9-17-29/h10-15,18-19,22,27,32-33H,4-9,16-17H2,1-3H3,(H,30,31). The Hall–Kier alpha value is -2.30. The van der Waals surface area contributed by atoms with E-state index >= 15 is 0 Å². The van der Waals surface area contributed by atoms with Crippen molar-refractivity contribution in [2.45, 2.75) is 89.3 Å². The second-order valence-corrected chi connectivity index (χ2v) is 13.4. The van der Waals surface area contributed by atoms with Crippen LogP contribution in [-0.2, 0) is 14.9 Å². The number of rotatable bonds is 6. The van der Waals surface area contributed by atoms with Gasteiger partial charge in [-0.25, -0.2) is 13.4 Å². The lowest BCUT2D eigenvalue weighted by Gasteiger charge is -2.36. The first-order valence-electron chi connectivity index (χ1n) is 13.6. The summed E-state index contributed by atoms with van der Waals surface area (Å²) in [6.07, 6.45) is 8.48. The van der Waals surface area contributed by atoms with Crippen molar-refractivity contribution in [2.24, 2.45) is 5.41 Å². The highest BCUT2D eigenvalue weighted by molar-refractivity contribution is 7.89. The first-order valence-corrected chi connectivity index (χ1v) is 16.0. The van der Waals surface area contributed by atoms with Gasteiger partial charge < -0.3 is 5.32 Å². The molecule has 38 heavy (non-hydrogen) atoms. The Morgan fingerprint density at radius 1 is 1.00 bits per heavy atom. The SMILES string of the molecule is Cc1ccc(C)c(-c2csc(Nc3ccc(S(=O)(=O)NC4NOC(C)C45CCCCCCCC5)cc3)n2)c1. The molecule has 2 atom stereocenters. The van der Waals surface area contributed by atoms with Crippen molar-refractivity contribution in [1.29, 1.82) is 0 Å². The van der Waals surface area contributed by atoms with Gasteiger partial charge in [-0.2, -0.15) is 10.2 Å². The maximum Gasteiger partial charge on any atom is 0.241 e. The largest absolute Gasteiger partial charge is 0.332 e. The minimum Gasteiger partial charge on any atom is -0.332 e. The fourth-order valence-electron chi connectivity index (χ4n) is 5.75. The molecule has 1 aliphatic carbocycles. The summed E-state index contributed by atoms with van der Waals surface area (Å²) in [5.74, 6) is 0. The highest BCUT2D eigenvalue weighted by Crippen LogP contribution is 2.44. The summed E-state index contributed by atoms with van der Waals surface area (Å²) in [6, 6.07) is 13.2. The molecule has 1 saturated heterocycles. The smallest absolute Gasteiger partial charge is 0.241 e. The van der Waals surface area contributed by atoms with Gasteiger partial charge in [-0.1, -0.05) is 56.2 Å². The number of aromatic nitrogens is 1. The van der Waals surface area contributed by atoms with Crippen molar-refractivity contribution in [3.05, 3.63) is 59.0 Å². The Labute approximate surface area is 230 Å². The number of anilines is 2. The zero-order valence-corrected chi connectivity index (χ0v) is 24.1. The van der Waals surface area contributed by atoms with Gasteiger partial charge in [0.2, 0.25) is 10.0 Å². The van der Waals surface area contributed by atoms with Crippen LogP contribution in [0.25, 0.3) is 11.3 Å². The highest BCUT2D eigenvalue weighted by Gasteiger charge is 2.50. The summed E-state index contributed by atoms with van der Waals surface area (Å²) >= 11 is 1.53. The number of nitrogens with zero attached hydrogens (tertiary/aromatic N) is 1. The number of sulfonamides is 1. The van der Waals surface area contributed by atoms with Crippen molar-refractivity contribution in [2.75, 3.05) is 5.32 Å². The molecule has 1 spiro atoms. The van der Waals surface area contributed by atoms with E-state index in [4.69, 9.17) is 9.82 Å². The molecule has 5 rings (SSSR count). The average Bonchev–Trinajstić information content (AvgIpc) is 3.50. The average molecular weight is 555 g/mol. The van der Waals surface area contributed by atoms with E-state index in [1.54, 1.807) is 24.3 Å². The maximum absolute atomic E-state index is 13.4. The van der Waals surface area contributed by atoms with Gasteiger partial charge in [0.25, 0.3) is 0 Å². The third-order valence-corrected chi connectivity index (χ3v) is 10.3. The van der Waals surface area contributed by atoms with Crippen LogP contribution in [0.2, 0.25) is 0 Å². The number of benzene rings is 2. The molecule has 1 aliphatic heterocycles. The van der Waals surface area contributed by atoms with Gasteiger partial charge in [-0.05, 0) is 69.5 Å². The summed E-state index contributed by atoms with van der Waals surface area (Å²) in [4.78, 5) is 10.8. The topological polar surface area (TPSA) is 92.4 Å². The van der Waals surface area contributed by atoms with Crippen LogP contribution >= 0.6 is 11.3 Å². The normalized spacial score (nSPS) is 22.1. The van der Waals surface area contributed by atoms with E-state index in [0.29, 0.717) is 0 Å². The van der Waals surface area contributed by atoms with Crippen molar-refractivity contribution < 1.29 is 13.3 Å². The van der Waals surface area contributed by atoms with E-state index in [2.05, 4.69) is 54.5 Å². The number of hydroxylamine groups is 1. The van der Waals surface area contributed by atoms with Crippen LogP contribution in [-0.4, -0.2) is 25.7 Å². The third kappa shape index (κ3) is 5.82. The number of thiazole rings is 1. The van der Waals surface area contributed by atoms with E-state index in [-0.39, 0.29) is 16.4 Å². The molecule has 7 nitrogen and oxygen atoms in total. The molecule has 3 aromatic rings. The minimum atomic E-state index is -3.74. The summed E-state index contributed by atoms with van der Waals surface area (Å²) in [7, 11) is -3.74. The fourth-order valence-corrected chi connectivity index (χ4v) is 7.70. The molecular weight excluding hydrogens is 516 g/mol. The van der Waals surface area contributed by atoms with Crippen LogP contribution in [0.3, 0.4) is 0 Å². The van der Waals surface area contributed by atoms with Crippen molar-refractivity contribution in [3.63, 3.8) is 0 Å². The number of aryl methyl sites for hydroxylation is 2. The molecule has 2 aliphatic rings. The lowest BCUT2D eigenvalue weighted by atomic mass is 9.73. The molecular formula is C29H38N4O3S2. The van der Waals surface area contributed by atoms with Crippen LogP contribution in [0.15, 0.2) is 52.7 Å². The van der Waals surface area contributed by atoms with Crippen LogP contribution in [0.4, 0.5) is 10.8 Å². The van der Waals surface area contributed by atoms with E-state index < -0.39 is 16.2 Å². The third-order valence-electron chi connectivity index (χ3n) is 8.14. The first kappa shape index (κ1) is 27.3. The molecule has 2 unspecified atom stereocenters. The van der Waals surface area contributed by atoms with Crippen molar-refractivity contribution in [3.8, 4) is 11.3 Å². The Balaban J connectivity index is 1.28. The zero-order chi connectivity index (χ0) is 26.8. The molecule has 0 bridgehead atoms. The molecule has 2 heterocycles. The summed E-state index contributed by atoms with van der Waals surface area (Å²) in [5.41, 5.74) is 8.00. The van der Waals surface area contributed by atoms with E-state index in [1.807, 2.05) is 5.38 Å². The Morgan fingerprint density at radius 3 is 2.39 bits per heavy atom. The summed E-state index contributed by atoms with van der Waals surface area (Å²) < 4.78 is 29.7. The molecule has 3 N–H and O–H groups in total. The predicted molar refractivity (Wildman–Crippen MR) is 154 cm³/mol. The van der Waals surface area contributed by atoms with Crippen molar-refractivity contribution in [1.82, 2.24) is 15.2 Å². The van der Waals surface area contributed by atoms with Crippen LogP contribution < -0.4 is 15.5 Å². The first-order chi connectivity index (χ1) is 18.3. The van der Waals surface area contributed by atoms with Crippen LogP contribution in [0.5, 0.6) is 0 Å². The molecule has 2 fully saturated rings. The van der Waals surface area contributed by atoms with Gasteiger partial charge in [0.05, 0.1) is 16.7 Å². The quantitative estimate of drug-likeness (QED) is 0.310. The fraction of sp³-hybridized carbons (Fsp3) is 0.483. The Morgan fingerprint density at radius 2 is 1.68 bits per heavy atom. The van der Waals surface area contributed by atoms with Crippen LogP contribution in [0.1, 0.15) is 69.4 Å². The molecule has 0 radical (unpaired) electrons. The number of hydrogen-bond donors (Lipinski definition) is 3. The molecule has 1 saturated carbocycles. The lowest BCUT2D eigenvalue weighted by Crippen LogP contribution is -2.52. The molecule has 0 amide bonds. The number of nitrogens with one attached hydrogen (secondary N) is 3. The molecule has 9 heteroatoms. The van der Waals surface area contributed by atoms with Crippen LogP contribution in [0, 0.1) is 19.3 Å². The zero-order valence-electron chi connectivity index (χ0n) is 22.4.